The summed E-state index contributed by atoms with van der Waals surface area (Å²) in [6, 6.07) is 20.5. The van der Waals surface area contributed by atoms with Crippen molar-refractivity contribution in [1.82, 2.24) is 0 Å². The van der Waals surface area contributed by atoms with Crippen molar-refractivity contribution in [3.05, 3.63) is 101 Å². The molecule has 0 unspecified atom stereocenters. The number of hydrogen-bond donors (Lipinski definition) is 1. The molecule has 0 aliphatic heterocycles. The summed E-state index contributed by atoms with van der Waals surface area (Å²) < 4.78 is 0. The summed E-state index contributed by atoms with van der Waals surface area (Å²) in [4.78, 5) is 25.3. The van der Waals surface area contributed by atoms with Gasteiger partial charge in [-0.3, -0.25) is 9.59 Å². The molecule has 0 amide bonds. The van der Waals surface area contributed by atoms with Gasteiger partial charge in [0.25, 0.3) is 0 Å². The lowest BCUT2D eigenvalue weighted by atomic mass is 9.93. The van der Waals surface area contributed by atoms with E-state index in [1.807, 2.05) is 12.1 Å². The Morgan fingerprint density at radius 3 is 1.67 bits per heavy atom. The van der Waals surface area contributed by atoms with Gasteiger partial charge in [0, 0.05) is 16.7 Å². The molecule has 0 spiro atoms. The minimum absolute atomic E-state index is 0.119. The molecule has 0 saturated carbocycles. The van der Waals surface area contributed by atoms with Gasteiger partial charge in [0.15, 0.2) is 11.6 Å². The van der Waals surface area contributed by atoms with Crippen LogP contribution in [0.15, 0.2) is 72.8 Å². The Kier molecular flexibility index (Phi) is 4.25. The third kappa shape index (κ3) is 2.97. The summed E-state index contributed by atoms with van der Waals surface area (Å²) in [6.07, 6.45) is 0. The molecule has 0 radical (unpaired) electrons. The van der Waals surface area contributed by atoms with E-state index >= 15 is 0 Å². The Morgan fingerprint density at radius 1 is 0.708 bits per heavy atom. The molecule has 3 rings (SSSR count). The number of carbonyl (C=O) groups excluding carboxylic acids is 2. The van der Waals surface area contributed by atoms with Crippen LogP contribution in [0, 0.1) is 6.92 Å². The highest BCUT2D eigenvalue weighted by Gasteiger charge is 2.19. The number of phenolic OH excluding ortho intramolecular Hbond substituents is 1. The lowest BCUT2D eigenvalue weighted by Crippen LogP contribution is -2.08. The zero-order chi connectivity index (χ0) is 17.1. The fraction of sp³-hybridized carbons (Fsp3) is 0.0476. The van der Waals surface area contributed by atoms with Crippen LogP contribution >= 0.6 is 0 Å². The van der Waals surface area contributed by atoms with Gasteiger partial charge in [0.1, 0.15) is 5.75 Å². The minimum atomic E-state index is -0.310. The van der Waals surface area contributed by atoms with Gasteiger partial charge in [-0.1, -0.05) is 60.7 Å². The highest BCUT2D eigenvalue weighted by molar-refractivity contribution is 6.14. The number of hydrogen-bond acceptors (Lipinski definition) is 3. The highest BCUT2D eigenvalue weighted by Crippen LogP contribution is 2.26. The molecule has 0 bridgehead atoms. The van der Waals surface area contributed by atoms with Crippen LogP contribution in [0.4, 0.5) is 0 Å². The Hall–Kier alpha value is -3.20. The molecule has 3 heteroatoms. The number of phenols is 1. The summed E-state index contributed by atoms with van der Waals surface area (Å²) in [5.41, 5.74) is 2.19. The van der Waals surface area contributed by atoms with E-state index in [1.54, 1.807) is 55.5 Å². The SMILES string of the molecule is Cc1cc(O)c(C(=O)c2ccccc2)cc1C(=O)c1ccccc1. The van der Waals surface area contributed by atoms with Crippen molar-refractivity contribution in [2.75, 3.05) is 0 Å². The van der Waals surface area contributed by atoms with Crippen molar-refractivity contribution in [3.8, 4) is 5.75 Å². The zero-order valence-electron chi connectivity index (χ0n) is 13.2. The molecule has 118 valence electrons. The standard InChI is InChI=1S/C21H16O3/c1-14-12-19(22)18(21(24)16-10-6-3-7-11-16)13-17(14)20(23)15-8-4-2-5-9-15/h2-13,22H,1H3. The highest BCUT2D eigenvalue weighted by atomic mass is 16.3. The number of ketones is 2. The molecular weight excluding hydrogens is 300 g/mol. The topological polar surface area (TPSA) is 54.4 Å². The maximum absolute atomic E-state index is 12.7. The van der Waals surface area contributed by atoms with Crippen LogP contribution in [0.25, 0.3) is 0 Å². The molecule has 0 atom stereocenters. The molecule has 0 aliphatic rings. The summed E-state index contributed by atoms with van der Waals surface area (Å²) in [5, 5.41) is 10.2. The normalized spacial score (nSPS) is 10.4. The van der Waals surface area contributed by atoms with E-state index < -0.39 is 0 Å². The number of carbonyl (C=O) groups is 2. The van der Waals surface area contributed by atoms with E-state index in [2.05, 4.69) is 0 Å². The van der Waals surface area contributed by atoms with Crippen LogP contribution in [0.2, 0.25) is 0 Å². The van der Waals surface area contributed by atoms with E-state index in [-0.39, 0.29) is 22.9 Å². The minimum Gasteiger partial charge on any atom is -0.507 e. The average Bonchev–Trinajstić information content (AvgIpc) is 2.62. The molecule has 0 aliphatic carbocycles. The molecule has 0 aromatic heterocycles. The summed E-state index contributed by atoms with van der Waals surface area (Å²) >= 11 is 0. The monoisotopic (exact) mass is 316 g/mol. The first kappa shape index (κ1) is 15.7. The predicted octanol–water partition coefficient (Wildman–Crippen LogP) is 4.16. The molecule has 1 N–H and O–H groups in total. The number of aromatic hydroxyl groups is 1. The van der Waals surface area contributed by atoms with Gasteiger partial charge < -0.3 is 5.11 Å². The third-order valence-corrected chi connectivity index (χ3v) is 3.90. The Bertz CT molecular complexity index is 824. The first-order valence-corrected chi connectivity index (χ1v) is 7.61. The van der Waals surface area contributed by atoms with Crippen molar-refractivity contribution < 1.29 is 14.7 Å². The Morgan fingerprint density at radius 2 is 1.17 bits per heavy atom. The number of benzene rings is 3. The van der Waals surface area contributed by atoms with Crippen LogP contribution in [-0.4, -0.2) is 16.7 Å². The van der Waals surface area contributed by atoms with Crippen molar-refractivity contribution in [3.63, 3.8) is 0 Å². The lowest BCUT2D eigenvalue weighted by Gasteiger charge is -2.10. The van der Waals surface area contributed by atoms with E-state index in [0.717, 1.165) is 0 Å². The van der Waals surface area contributed by atoms with Crippen LogP contribution in [0.1, 0.15) is 37.4 Å². The second-order valence-corrected chi connectivity index (χ2v) is 5.57. The van der Waals surface area contributed by atoms with E-state index in [9.17, 15) is 14.7 Å². The summed E-state index contributed by atoms with van der Waals surface area (Å²) in [7, 11) is 0. The van der Waals surface area contributed by atoms with Crippen LogP contribution in [0.3, 0.4) is 0 Å². The molecule has 0 fully saturated rings. The molecular formula is C21H16O3. The molecule has 0 saturated heterocycles. The van der Waals surface area contributed by atoms with Gasteiger partial charge in [-0.15, -0.1) is 0 Å². The fourth-order valence-electron chi connectivity index (χ4n) is 2.61. The molecule has 3 nitrogen and oxygen atoms in total. The number of rotatable bonds is 4. The molecule has 24 heavy (non-hydrogen) atoms. The van der Waals surface area contributed by atoms with Gasteiger partial charge in [-0.2, -0.15) is 0 Å². The largest absolute Gasteiger partial charge is 0.507 e. The van der Waals surface area contributed by atoms with E-state index in [1.165, 1.54) is 12.1 Å². The zero-order valence-corrected chi connectivity index (χ0v) is 13.2. The van der Waals surface area contributed by atoms with Gasteiger partial charge in [-0.25, -0.2) is 0 Å². The van der Waals surface area contributed by atoms with Crippen LogP contribution < -0.4 is 0 Å². The third-order valence-electron chi connectivity index (χ3n) is 3.90. The Balaban J connectivity index is 2.07. The van der Waals surface area contributed by atoms with Crippen molar-refractivity contribution in [2.45, 2.75) is 6.92 Å². The van der Waals surface area contributed by atoms with Gasteiger partial charge in [0.2, 0.25) is 0 Å². The Labute approximate surface area is 140 Å². The first-order chi connectivity index (χ1) is 11.6. The van der Waals surface area contributed by atoms with Crippen molar-refractivity contribution in [2.24, 2.45) is 0 Å². The quantitative estimate of drug-likeness (QED) is 0.735. The maximum atomic E-state index is 12.7. The van der Waals surface area contributed by atoms with Crippen molar-refractivity contribution >= 4 is 11.6 Å². The average molecular weight is 316 g/mol. The van der Waals surface area contributed by atoms with Gasteiger partial charge in [0.05, 0.1) is 5.56 Å². The fourth-order valence-corrected chi connectivity index (χ4v) is 2.61. The first-order valence-electron chi connectivity index (χ1n) is 7.61. The summed E-state index contributed by atoms with van der Waals surface area (Å²) in [6.45, 7) is 1.74. The van der Waals surface area contributed by atoms with Gasteiger partial charge in [-0.05, 0) is 24.6 Å². The molecule has 0 heterocycles. The second-order valence-electron chi connectivity index (χ2n) is 5.57. The van der Waals surface area contributed by atoms with Crippen LogP contribution in [0.5, 0.6) is 5.75 Å². The molecule has 3 aromatic rings. The second kappa shape index (κ2) is 6.50. The van der Waals surface area contributed by atoms with Crippen molar-refractivity contribution in [1.29, 1.82) is 0 Å². The van der Waals surface area contributed by atoms with E-state index in [0.29, 0.717) is 22.3 Å². The predicted molar refractivity (Wildman–Crippen MR) is 92.6 cm³/mol. The van der Waals surface area contributed by atoms with E-state index in [4.69, 9.17) is 0 Å². The number of aryl methyl sites for hydroxylation is 1. The summed E-state index contributed by atoms with van der Waals surface area (Å²) in [5.74, 6) is -0.601. The lowest BCUT2D eigenvalue weighted by molar-refractivity contribution is 0.103. The molecule has 3 aromatic carbocycles. The van der Waals surface area contributed by atoms with Gasteiger partial charge >= 0.3 is 0 Å². The smallest absolute Gasteiger partial charge is 0.196 e. The van der Waals surface area contributed by atoms with Crippen LogP contribution in [-0.2, 0) is 0 Å². The maximum Gasteiger partial charge on any atom is 0.196 e.